The SMILES string of the molecule is CC.CCCC1(COC)CCC(C)[C-](C)C1.[CH3-].[Rb+]. The van der Waals surface area contributed by atoms with Crippen molar-refractivity contribution in [2.24, 2.45) is 11.3 Å². The van der Waals surface area contributed by atoms with Crippen LogP contribution in [-0.2, 0) is 4.74 Å². The molecule has 0 bridgehead atoms. The number of ether oxygens (including phenoxy) is 1. The van der Waals surface area contributed by atoms with Crippen molar-refractivity contribution in [1.82, 2.24) is 0 Å². The smallest absolute Gasteiger partial charge is 0.384 e. The van der Waals surface area contributed by atoms with E-state index in [1.165, 1.54) is 32.1 Å². The maximum absolute atomic E-state index is 5.41. The normalized spacial score (nSPS) is 27.3. The summed E-state index contributed by atoms with van der Waals surface area (Å²) in [6, 6.07) is 0. The largest absolute Gasteiger partial charge is 1.00 e. The van der Waals surface area contributed by atoms with Crippen molar-refractivity contribution in [3.63, 3.8) is 0 Å². The molecule has 0 radical (unpaired) electrons. The summed E-state index contributed by atoms with van der Waals surface area (Å²) in [5, 5.41) is 0. The average Bonchev–Trinajstić information content (AvgIpc) is 2.28. The van der Waals surface area contributed by atoms with Crippen molar-refractivity contribution >= 4 is 0 Å². The van der Waals surface area contributed by atoms with Crippen LogP contribution >= 0.6 is 0 Å². The van der Waals surface area contributed by atoms with Crippen LogP contribution in [0.5, 0.6) is 0 Å². The van der Waals surface area contributed by atoms with Crippen molar-refractivity contribution in [2.45, 2.75) is 66.7 Å². The topological polar surface area (TPSA) is 9.23 Å². The summed E-state index contributed by atoms with van der Waals surface area (Å²) in [5.41, 5.74) is 0.472. The summed E-state index contributed by atoms with van der Waals surface area (Å²) in [5.74, 6) is 2.51. The second-order valence-corrected chi connectivity index (χ2v) is 5.15. The van der Waals surface area contributed by atoms with E-state index in [9.17, 15) is 0 Å². The maximum atomic E-state index is 5.41. The van der Waals surface area contributed by atoms with Gasteiger partial charge in [-0.05, 0) is 11.8 Å². The van der Waals surface area contributed by atoms with Crippen molar-refractivity contribution < 1.29 is 62.9 Å². The van der Waals surface area contributed by atoms with Crippen LogP contribution in [0.4, 0.5) is 0 Å². The summed E-state index contributed by atoms with van der Waals surface area (Å²) in [7, 11) is 1.84. The molecular formula is C16H34ORb-. The van der Waals surface area contributed by atoms with E-state index in [4.69, 9.17) is 4.74 Å². The van der Waals surface area contributed by atoms with Gasteiger partial charge in [-0.1, -0.05) is 47.0 Å². The van der Waals surface area contributed by atoms with Gasteiger partial charge in [-0.3, -0.25) is 0 Å². The van der Waals surface area contributed by atoms with Gasteiger partial charge in [-0.2, -0.15) is 19.3 Å². The van der Waals surface area contributed by atoms with Crippen LogP contribution in [0, 0.1) is 24.7 Å². The molecule has 0 N–H and O–H groups in total. The van der Waals surface area contributed by atoms with Gasteiger partial charge < -0.3 is 18.1 Å². The monoisotopic (exact) mass is 327 g/mol. The minimum Gasteiger partial charge on any atom is -0.384 e. The zero-order chi connectivity index (χ0) is 12.6. The first kappa shape index (κ1) is 24.8. The minimum atomic E-state index is 0. The van der Waals surface area contributed by atoms with Crippen molar-refractivity contribution in [3.8, 4) is 0 Å². The molecule has 0 heterocycles. The van der Waals surface area contributed by atoms with Gasteiger partial charge in [0, 0.05) is 13.7 Å². The molecule has 0 amide bonds. The van der Waals surface area contributed by atoms with Gasteiger partial charge in [0.1, 0.15) is 0 Å². The third-order valence-electron chi connectivity index (χ3n) is 3.83. The molecule has 0 aromatic carbocycles. The van der Waals surface area contributed by atoms with E-state index in [1.54, 1.807) is 5.92 Å². The second-order valence-electron chi connectivity index (χ2n) is 5.15. The Morgan fingerprint density at radius 3 is 2.28 bits per heavy atom. The molecule has 2 atom stereocenters. The van der Waals surface area contributed by atoms with Crippen LogP contribution < -0.4 is 58.2 Å². The molecule has 1 aliphatic rings. The predicted molar refractivity (Wildman–Crippen MR) is 78.9 cm³/mol. The van der Waals surface area contributed by atoms with Gasteiger partial charge in [-0.15, -0.1) is 0 Å². The molecule has 0 spiro atoms. The fourth-order valence-electron chi connectivity index (χ4n) is 2.87. The van der Waals surface area contributed by atoms with Gasteiger partial charge in [0.2, 0.25) is 0 Å². The van der Waals surface area contributed by atoms with Gasteiger partial charge >= 0.3 is 58.2 Å². The standard InChI is InChI=1S/C13H25O.C2H6.CH3.Rb/c1-5-7-13(10-14-4)8-6-11(2)12(3)9-13;1-2;;/h11H,5-10H2,1-4H3;1-2H3;1H3;/q-1;;-1;+1. The molecule has 1 saturated carbocycles. The quantitative estimate of drug-likeness (QED) is 0.720. The van der Waals surface area contributed by atoms with Gasteiger partial charge in [0.05, 0.1) is 0 Å². The summed E-state index contributed by atoms with van der Waals surface area (Å²) >= 11 is 0. The second kappa shape index (κ2) is 13.7. The number of hydrogen-bond donors (Lipinski definition) is 0. The molecule has 1 fully saturated rings. The van der Waals surface area contributed by atoms with E-state index in [0.29, 0.717) is 5.41 Å². The van der Waals surface area contributed by atoms with Gasteiger partial charge in [-0.25, -0.2) is 0 Å². The number of methoxy groups -OCH3 is 1. The molecule has 1 aliphatic carbocycles. The van der Waals surface area contributed by atoms with E-state index in [0.717, 1.165) is 12.5 Å². The summed E-state index contributed by atoms with van der Waals surface area (Å²) in [6.45, 7) is 11.9. The van der Waals surface area contributed by atoms with Crippen molar-refractivity contribution in [2.75, 3.05) is 13.7 Å². The molecule has 106 valence electrons. The molecule has 0 aromatic rings. The third-order valence-corrected chi connectivity index (χ3v) is 3.83. The Hall–Kier alpha value is 1.77. The summed E-state index contributed by atoms with van der Waals surface area (Å²) in [6.07, 6.45) is 6.61. The van der Waals surface area contributed by atoms with Crippen LogP contribution in [-0.4, -0.2) is 13.7 Å². The number of rotatable bonds is 4. The van der Waals surface area contributed by atoms with Gasteiger partial charge in [0.25, 0.3) is 0 Å². The Labute approximate surface area is 166 Å². The van der Waals surface area contributed by atoms with Crippen LogP contribution in [0.15, 0.2) is 0 Å². The van der Waals surface area contributed by atoms with Crippen molar-refractivity contribution in [3.05, 3.63) is 13.3 Å². The van der Waals surface area contributed by atoms with E-state index in [-0.39, 0.29) is 65.6 Å². The minimum absolute atomic E-state index is 0. The number of hydrogen-bond acceptors (Lipinski definition) is 1. The molecule has 0 saturated heterocycles. The Balaban J connectivity index is -0.000000534. The van der Waals surface area contributed by atoms with E-state index in [1.807, 2.05) is 21.0 Å². The summed E-state index contributed by atoms with van der Waals surface area (Å²) < 4.78 is 5.41. The Kier molecular flexibility index (Phi) is 18.9. The maximum Gasteiger partial charge on any atom is 1.00 e. The molecule has 2 unspecified atom stereocenters. The van der Waals surface area contributed by atoms with Gasteiger partial charge in [0.15, 0.2) is 0 Å². The first-order valence-electron chi connectivity index (χ1n) is 6.95. The van der Waals surface area contributed by atoms with Crippen LogP contribution in [0.1, 0.15) is 66.7 Å². The van der Waals surface area contributed by atoms with Crippen molar-refractivity contribution in [1.29, 1.82) is 0 Å². The molecule has 2 heteroatoms. The zero-order valence-electron chi connectivity index (χ0n) is 14.2. The van der Waals surface area contributed by atoms with E-state index < -0.39 is 0 Å². The Morgan fingerprint density at radius 1 is 1.33 bits per heavy atom. The molecule has 18 heavy (non-hydrogen) atoms. The zero-order valence-corrected chi connectivity index (χ0v) is 19.1. The fourth-order valence-corrected chi connectivity index (χ4v) is 2.87. The summed E-state index contributed by atoms with van der Waals surface area (Å²) in [4.78, 5) is 0. The third kappa shape index (κ3) is 8.14. The molecular weight excluding hydrogens is 294 g/mol. The van der Waals surface area contributed by atoms with Crippen LogP contribution in [0.2, 0.25) is 0 Å². The van der Waals surface area contributed by atoms with E-state index >= 15 is 0 Å². The van der Waals surface area contributed by atoms with Crippen LogP contribution in [0.25, 0.3) is 0 Å². The Bertz CT molecular complexity index is 164. The van der Waals surface area contributed by atoms with E-state index in [2.05, 4.69) is 20.8 Å². The first-order chi connectivity index (χ1) is 7.63. The molecule has 0 aromatic heterocycles. The molecule has 1 rings (SSSR count). The molecule has 0 aliphatic heterocycles. The fraction of sp³-hybridized carbons (Fsp3) is 0.875. The molecule has 1 nitrogen and oxygen atoms in total. The first-order valence-corrected chi connectivity index (χ1v) is 6.95. The predicted octanol–water partition coefficient (Wildman–Crippen LogP) is 2.31. The Morgan fingerprint density at radius 2 is 1.89 bits per heavy atom. The average molecular weight is 328 g/mol. The van der Waals surface area contributed by atoms with Crippen LogP contribution in [0.3, 0.4) is 0 Å².